The SMILES string of the molecule is COc1ccc(N(Cc2ccnc(-c3ccc(O)cc3)c2)C2CCN(CC(/C=C\N)=C/Cc3ccc(Cl)cc3)CC2)cc1. The normalized spacial score (nSPS) is 14.7. The second kappa shape index (κ2) is 14.8. The Kier molecular flexibility index (Phi) is 10.4. The molecule has 3 N–H and O–H groups in total. The average Bonchev–Trinajstić information content (AvgIpc) is 3.04. The number of methoxy groups -OCH3 is 1. The Hall–Kier alpha value is -4.26. The number of hydrogen-bond acceptors (Lipinski definition) is 6. The van der Waals surface area contributed by atoms with Crippen LogP contribution in [0.3, 0.4) is 0 Å². The third kappa shape index (κ3) is 8.40. The molecule has 0 amide bonds. The van der Waals surface area contributed by atoms with E-state index >= 15 is 0 Å². The monoisotopic (exact) mass is 594 g/mol. The molecule has 1 fully saturated rings. The Balaban J connectivity index is 1.29. The van der Waals surface area contributed by atoms with E-state index in [0.717, 1.165) is 67.5 Å². The smallest absolute Gasteiger partial charge is 0.119 e. The van der Waals surface area contributed by atoms with E-state index in [2.05, 4.69) is 57.3 Å². The van der Waals surface area contributed by atoms with Crippen LogP contribution in [0.15, 0.2) is 115 Å². The molecule has 0 aliphatic carbocycles. The van der Waals surface area contributed by atoms with Crippen LogP contribution in [0, 0.1) is 0 Å². The summed E-state index contributed by atoms with van der Waals surface area (Å²) in [4.78, 5) is 9.63. The predicted octanol–water partition coefficient (Wildman–Crippen LogP) is 7.23. The number of piperidine rings is 1. The van der Waals surface area contributed by atoms with Gasteiger partial charge in [-0.3, -0.25) is 9.88 Å². The van der Waals surface area contributed by atoms with Crippen molar-refractivity contribution in [2.24, 2.45) is 5.73 Å². The molecule has 5 rings (SSSR count). The molecular formula is C36H39ClN4O2. The van der Waals surface area contributed by atoms with Crippen LogP contribution in [0.2, 0.25) is 5.02 Å². The summed E-state index contributed by atoms with van der Waals surface area (Å²) in [6.45, 7) is 3.65. The van der Waals surface area contributed by atoms with Crippen LogP contribution in [0.1, 0.15) is 24.0 Å². The molecule has 0 spiro atoms. The standard InChI is InChI=1S/C36H39ClN4O2/c1-43-35-14-10-32(11-15-35)41(26-29-17-21-39-36(24-29)30-6-12-34(42)13-7-30)33-18-22-40(23-19-33)25-28(16-20-38)3-2-27-4-8-31(37)9-5-27/h3-17,20-21,24,33,42H,2,18-19,22-23,25-26,38H2,1H3/b20-16-,28-3+. The molecule has 0 unspecified atom stereocenters. The molecule has 1 aliphatic rings. The topological polar surface area (TPSA) is 74.9 Å². The number of likely N-dealkylation sites (tertiary alicyclic amines) is 1. The number of ether oxygens (including phenoxy) is 1. The number of anilines is 1. The third-order valence-corrected chi connectivity index (χ3v) is 8.22. The molecular weight excluding hydrogens is 556 g/mol. The van der Waals surface area contributed by atoms with E-state index in [9.17, 15) is 5.11 Å². The molecule has 222 valence electrons. The maximum absolute atomic E-state index is 9.71. The first-order valence-electron chi connectivity index (χ1n) is 14.7. The van der Waals surface area contributed by atoms with Crippen molar-refractivity contribution < 1.29 is 9.84 Å². The van der Waals surface area contributed by atoms with E-state index in [-0.39, 0.29) is 5.75 Å². The van der Waals surface area contributed by atoms with Gasteiger partial charge in [0.05, 0.1) is 12.8 Å². The highest BCUT2D eigenvalue weighted by atomic mass is 35.5. The quantitative estimate of drug-likeness (QED) is 0.178. The molecule has 7 heteroatoms. The first kappa shape index (κ1) is 30.2. The van der Waals surface area contributed by atoms with Crippen molar-refractivity contribution in [2.75, 3.05) is 31.6 Å². The fraction of sp³-hybridized carbons (Fsp3) is 0.250. The van der Waals surface area contributed by atoms with E-state index in [1.54, 1.807) is 25.4 Å². The van der Waals surface area contributed by atoms with Crippen LogP contribution in [0.4, 0.5) is 5.69 Å². The Morgan fingerprint density at radius 3 is 2.40 bits per heavy atom. The molecule has 6 nitrogen and oxygen atoms in total. The van der Waals surface area contributed by atoms with E-state index in [4.69, 9.17) is 22.1 Å². The van der Waals surface area contributed by atoms with Gasteiger partial charge in [-0.1, -0.05) is 29.8 Å². The molecule has 0 atom stereocenters. The number of phenolic OH excluding ortho intramolecular Hbond substituents is 1. The van der Waals surface area contributed by atoms with Gasteiger partial charge in [-0.2, -0.15) is 0 Å². The van der Waals surface area contributed by atoms with Gasteiger partial charge in [-0.05, 0) is 121 Å². The zero-order valence-electron chi connectivity index (χ0n) is 24.6. The van der Waals surface area contributed by atoms with Gasteiger partial charge >= 0.3 is 0 Å². The van der Waals surface area contributed by atoms with Gasteiger partial charge in [-0.25, -0.2) is 0 Å². The zero-order valence-corrected chi connectivity index (χ0v) is 25.3. The summed E-state index contributed by atoms with van der Waals surface area (Å²) in [5.41, 5.74) is 12.5. The van der Waals surface area contributed by atoms with E-state index in [0.29, 0.717) is 6.04 Å². The zero-order chi connectivity index (χ0) is 30.0. The molecule has 3 aromatic carbocycles. The fourth-order valence-corrected chi connectivity index (χ4v) is 5.72. The maximum atomic E-state index is 9.71. The van der Waals surface area contributed by atoms with Crippen LogP contribution in [-0.4, -0.2) is 47.8 Å². The first-order valence-corrected chi connectivity index (χ1v) is 15.1. The van der Waals surface area contributed by atoms with Gasteiger partial charge in [0.25, 0.3) is 0 Å². The number of nitrogens with two attached hydrogens (primary N) is 1. The minimum Gasteiger partial charge on any atom is -0.508 e. The van der Waals surface area contributed by atoms with Crippen LogP contribution in [0.25, 0.3) is 11.3 Å². The van der Waals surface area contributed by atoms with Gasteiger partial charge in [0.2, 0.25) is 0 Å². The van der Waals surface area contributed by atoms with Crippen molar-refractivity contribution in [3.63, 3.8) is 0 Å². The summed E-state index contributed by atoms with van der Waals surface area (Å²) in [7, 11) is 1.70. The summed E-state index contributed by atoms with van der Waals surface area (Å²) in [5.74, 6) is 1.10. The number of halogens is 1. The van der Waals surface area contributed by atoms with Gasteiger partial charge in [0.1, 0.15) is 11.5 Å². The highest BCUT2D eigenvalue weighted by Crippen LogP contribution is 2.29. The largest absolute Gasteiger partial charge is 0.508 e. The summed E-state index contributed by atoms with van der Waals surface area (Å²) in [6, 6.07) is 28.2. The summed E-state index contributed by atoms with van der Waals surface area (Å²) >= 11 is 6.05. The Bertz CT molecular complexity index is 1510. The summed E-state index contributed by atoms with van der Waals surface area (Å²) < 4.78 is 5.43. The number of aromatic hydroxyl groups is 1. The fourth-order valence-electron chi connectivity index (χ4n) is 5.59. The molecule has 4 aromatic rings. The Morgan fingerprint density at radius 1 is 1.00 bits per heavy atom. The number of nitrogens with zero attached hydrogens (tertiary/aromatic N) is 3. The minimum absolute atomic E-state index is 0.250. The van der Waals surface area contributed by atoms with Crippen molar-refractivity contribution in [1.29, 1.82) is 0 Å². The number of pyridine rings is 1. The molecule has 1 saturated heterocycles. The summed E-state index contributed by atoms with van der Waals surface area (Å²) in [5, 5.41) is 10.5. The van der Waals surface area contributed by atoms with Gasteiger partial charge < -0.3 is 20.5 Å². The molecule has 0 bridgehead atoms. The number of allylic oxidation sites excluding steroid dienone is 1. The van der Waals surface area contributed by atoms with Gasteiger partial charge in [0, 0.05) is 54.7 Å². The van der Waals surface area contributed by atoms with Gasteiger partial charge in [-0.15, -0.1) is 0 Å². The molecule has 0 radical (unpaired) electrons. The summed E-state index contributed by atoms with van der Waals surface area (Å²) in [6.07, 6.45) is 10.7. The number of aromatic nitrogens is 1. The first-order chi connectivity index (χ1) is 21.0. The average molecular weight is 595 g/mol. The lowest BCUT2D eigenvalue weighted by molar-refractivity contribution is 0.224. The predicted molar refractivity (Wildman–Crippen MR) is 177 cm³/mol. The van der Waals surface area contributed by atoms with Crippen LogP contribution < -0.4 is 15.4 Å². The lowest BCUT2D eigenvalue weighted by Crippen LogP contribution is -2.45. The lowest BCUT2D eigenvalue weighted by Gasteiger charge is -2.40. The number of benzene rings is 3. The van der Waals surface area contributed by atoms with E-state index < -0.39 is 0 Å². The number of rotatable bonds is 11. The highest BCUT2D eigenvalue weighted by molar-refractivity contribution is 6.30. The Morgan fingerprint density at radius 2 is 1.72 bits per heavy atom. The van der Waals surface area contributed by atoms with Crippen molar-refractivity contribution in [2.45, 2.75) is 31.8 Å². The van der Waals surface area contributed by atoms with E-state index in [1.165, 1.54) is 22.4 Å². The number of phenols is 1. The Labute approximate surface area is 259 Å². The molecule has 0 saturated carbocycles. The van der Waals surface area contributed by atoms with Crippen molar-refractivity contribution >= 4 is 17.3 Å². The molecule has 1 aliphatic heterocycles. The second-order valence-corrected chi connectivity index (χ2v) is 11.3. The molecule has 43 heavy (non-hydrogen) atoms. The van der Waals surface area contributed by atoms with Crippen LogP contribution in [-0.2, 0) is 13.0 Å². The lowest BCUT2D eigenvalue weighted by atomic mass is 10.00. The van der Waals surface area contributed by atoms with Crippen LogP contribution >= 0.6 is 11.6 Å². The minimum atomic E-state index is 0.250. The highest BCUT2D eigenvalue weighted by Gasteiger charge is 2.25. The third-order valence-electron chi connectivity index (χ3n) is 7.97. The van der Waals surface area contributed by atoms with Crippen molar-refractivity contribution in [1.82, 2.24) is 9.88 Å². The van der Waals surface area contributed by atoms with Crippen molar-refractivity contribution in [3.8, 4) is 22.8 Å². The van der Waals surface area contributed by atoms with Crippen LogP contribution in [0.5, 0.6) is 11.5 Å². The van der Waals surface area contributed by atoms with E-state index in [1.807, 2.05) is 48.7 Å². The van der Waals surface area contributed by atoms with Crippen molar-refractivity contribution in [3.05, 3.63) is 131 Å². The second-order valence-electron chi connectivity index (χ2n) is 10.9. The van der Waals surface area contributed by atoms with Gasteiger partial charge in [0.15, 0.2) is 0 Å². The maximum Gasteiger partial charge on any atom is 0.119 e. The number of hydrogen-bond donors (Lipinski definition) is 2. The molecule has 2 heterocycles. The molecule has 1 aromatic heterocycles.